The molecule has 1 aliphatic rings. The fraction of sp³-hybridized carbons (Fsp3) is 0.261. The van der Waals surface area contributed by atoms with Crippen molar-refractivity contribution in [2.45, 2.75) is 6.92 Å². The van der Waals surface area contributed by atoms with Crippen LogP contribution >= 0.6 is 0 Å². The summed E-state index contributed by atoms with van der Waals surface area (Å²) in [4.78, 5) is 27.1. The van der Waals surface area contributed by atoms with Crippen molar-refractivity contribution in [1.82, 2.24) is 24.8 Å². The number of hydrogen-bond acceptors (Lipinski definition) is 6. The summed E-state index contributed by atoms with van der Waals surface area (Å²) in [5, 5.41) is 3.37. The van der Waals surface area contributed by atoms with E-state index in [0.717, 1.165) is 54.4 Å². The van der Waals surface area contributed by atoms with Crippen LogP contribution < -0.4 is 20.6 Å². The van der Waals surface area contributed by atoms with Crippen LogP contribution in [0, 0.1) is 6.92 Å². The Hall–Kier alpha value is -3.65. The maximum absolute atomic E-state index is 12.7. The van der Waals surface area contributed by atoms with Gasteiger partial charge in [-0.25, -0.2) is 19.3 Å². The number of rotatable bonds is 4. The van der Waals surface area contributed by atoms with E-state index in [1.54, 1.807) is 17.9 Å². The minimum Gasteiger partial charge on any atom is -0.497 e. The zero-order chi connectivity index (χ0) is 21.4. The van der Waals surface area contributed by atoms with E-state index in [1.165, 1.54) is 5.69 Å². The number of aromatic nitrogens is 4. The molecule has 0 amide bonds. The highest BCUT2D eigenvalue weighted by Crippen LogP contribution is 2.25. The number of H-pyrrole nitrogens is 1. The van der Waals surface area contributed by atoms with Gasteiger partial charge in [0.2, 0.25) is 0 Å². The van der Waals surface area contributed by atoms with E-state index < -0.39 is 0 Å². The van der Waals surface area contributed by atoms with Crippen LogP contribution in [0.5, 0.6) is 5.75 Å². The first-order chi connectivity index (χ1) is 15.1. The first kappa shape index (κ1) is 19.3. The van der Waals surface area contributed by atoms with E-state index in [-0.39, 0.29) is 5.69 Å². The number of methoxy groups -OCH3 is 1. The number of ether oxygens (including phenoxy) is 1. The highest BCUT2D eigenvalue weighted by Gasteiger charge is 2.15. The summed E-state index contributed by atoms with van der Waals surface area (Å²) < 4.78 is 6.82. The van der Waals surface area contributed by atoms with Crippen molar-refractivity contribution in [2.24, 2.45) is 0 Å². The van der Waals surface area contributed by atoms with Crippen molar-refractivity contribution in [1.29, 1.82) is 0 Å². The second kappa shape index (κ2) is 7.88. The average molecular weight is 416 g/mol. The van der Waals surface area contributed by atoms with E-state index in [1.807, 2.05) is 25.1 Å². The van der Waals surface area contributed by atoms with Gasteiger partial charge in [0.1, 0.15) is 5.75 Å². The molecule has 8 nitrogen and oxygen atoms in total. The summed E-state index contributed by atoms with van der Waals surface area (Å²) >= 11 is 0. The highest BCUT2D eigenvalue weighted by atomic mass is 16.5. The molecular weight excluding hydrogens is 392 g/mol. The van der Waals surface area contributed by atoms with Crippen molar-refractivity contribution in [3.8, 4) is 22.7 Å². The smallest absolute Gasteiger partial charge is 0.333 e. The Morgan fingerprint density at radius 3 is 2.55 bits per heavy atom. The van der Waals surface area contributed by atoms with Crippen molar-refractivity contribution >= 4 is 17.0 Å². The van der Waals surface area contributed by atoms with Gasteiger partial charge in [-0.05, 0) is 42.8 Å². The number of hydrogen-bond donors (Lipinski definition) is 2. The monoisotopic (exact) mass is 416 g/mol. The van der Waals surface area contributed by atoms with E-state index in [2.05, 4.69) is 49.4 Å². The summed E-state index contributed by atoms with van der Waals surface area (Å²) in [6, 6.07) is 13.9. The van der Waals surface area contributed by atoms with E-state index >= 15 is 0 Å². The lowest BCUT2D eigenvalue weighted by atomic mass is 10.1. The number of piperazine rings is 1. The van der Waals surface area contributed by atoms with E-state index in [9.17, 15) is 4.79 Å². The zero-order valence-corrected chi connectivity index (χ0v) is 17.6. The average Bonchev–Trinajstić information content (AvgIpc) is 3.14. The molecule has 158 valence electrons. The molecule has 0 spiro atoms. The summed E-state index contributed by atoms with van der Waals surface area (Å²) in [5.41, 5.74) is 5.24. The molecule has 0 saturated carbocycles. The second-order valence-electron chi connectivity index (χ2n) is 7.63. The van der Waals surface area contributed by atoms with Gasteiger partial charge in [0, 0.05) is 37.4 Å². The van der Waals surface area contributed by atoms with E-state index in [4.69, 9.17) is 4.74 Å². The van der Waals surface area contributed by atoms with Gasteiger partial charge in [0.15, 0.2) is 11.3 Å². The van der Waals surface area contributed by atoms with Crippen LogP contribution in [-0.4, -0.2) is 52.8 Å². The van der Waals surface area contributed by atoms with Crippen molar-refractivity contribution in [3.05, 3.63) is 64.7 Å². The summed E-state index contributed by atoms with van der Waals surface area (Å²) in [6.07, 6.45) is 1.71. The van der Waals surface area contributed by atoms with Gasteiger partial charge in [-0.3, -0.25) is 4.98 Å². The van der Waals surface area contributed by atoms with Crippen LogP contribution in [0.15, 0.2) is 53.5 Å². The Bertz CT molecular complexity index is 1290. The number of nitrogens with zero attached hydrogens (tertiary/aromatic N) is 4. The lowest BCUT2D eigenvalue weighted by Gasteiger charge is -2.29. The quantitative estimate of drug-likeness (QED) is 0.532. The molecule has 2 aromatic carbocycles. The third-order valence-corrected chi connectivity index (χ3v) is 5.68. The van der Waals surface area contributed by atoms with Crippen LogP contribution in [0.3, 0.4) is 0 Å². The van der Waals surface area contributed by atoms with Crippen molar-refractivity contribution in [3.63, 3.8) is 0 Å². The number of fused-ring (bicyclic) bond motifs is 1. The predicted octanol–water partition coefficient (Wildman–Crippen LogP) is 2.50. The zero-order valence-electron chi connectivity index (χ0n) is 17.6. The molecule has 3 heterocycles. The summed E-state index contributed by atoms with van der Waals surface area (Å²) in [5.74, 6) is 0.742. The molecular formula is C23H24N6O2. The molecule has 5 rings (SSSR count). The molecule has 8 heteroatoms. The molecule has 31 heavy (non-hydrogen) atoms. The number of aryl methyl sites for hydroxylation is 1. The van der Waals surface area contributed by atoms with Gasteiger partial charge >= 0.3 is 5.69 Å². The van der Waals surface area contributed by atoms with Gasteiger partial charge in [-0.15, -0.1) is 0 Å². The molecule has 0 radical (unpaired) electrons. The van der Waals surface area contributed by atoms with Gasteiger partial charge in [-0.1, -0.05) is 12.1 Å². The molecule has 0 bridgehead atoms. The normalized spacial score (nSPS) is 14.2. The van der Waals surface area contributed by atoms with Crippen LogP contribution in [0.4, 0.5) is 5.69 Å². The third kappa shape index (κ3) is 3.55. The standard InChI is InChI=1S/C23H24N6O2/c1-15-13-18(31-2)7-8-20(15)29-22-21(27-23(29)30)26-19(14-25-22)16-3-5-17(6-4-16)28-11-9-24-10-12-28/h3-8,13-14,24H,9-12H2,1-2H3,(H,26,27,30). The molecule has 2 aromatic heterocycles. The molecule has 4 aromatic rings. The van der Waals surface area contributed by atoms with Crippen molar-refractivity contribution in [2.75, 3.05) is 38.2 Å². The Labute approximate surface area is 179 Å². The Morgan fingerprint density at radius 1 is 1.06 bits per heavy atom. The van der Waals surface area contributed by atoms with Crippen LogP contribution in [0.1, 0.15) is 5.56 Å². The Morgan fingerprint density at radius 2 is 1.84 bits per heavy atom. The molecule has 0 atom stereocenters. The summed E-state index contributed by atoms with van der Waals surface area (Å²) in [7, 11) is 1.62. The molecule has 1 saturated heterocycles. The fourth-order valence-corrected chi connectivity index (χ4v) is 4.02. The lowest BCUT2D eigenvalue weighted by molar-refractivity contribution is 0.414. The SMILES string of the molecule is COc1ccc(-n2c(=O)[nH]c3nc(-c4ccc(N5CCNCC5)cc4)cnc32)c(C)c1. The maximum atomic E-state index is 12.7. The lowest BCUT2D eigenvalue weighted by Crippen LogP contribution is -2.43. The number of benzene rings is 2. The maximum Gasteiger partial charge on any atom is 0.333 e. The molecule has 1 aliphatic heterocycles. The predicted molar refractivity (Wildman–Crippen MR) is 121 cm³/mol. The van der Waals surface area contributed by atoms with Gasteiger partial charge in [0.05, 0.1) is 24.7 Å². The van der Waals surface area contributed by atoms with Crippen LogP contribution in [0.2, 0.25) is 0 Å². The first-order valence-electron chi connectivity index (χ1n) is 10.3. The topological polar surface area (TPSA) is 88.1 Å². The van der Waals surface area contributed by atoms with Gasteiger partial charge in [0.25, 0.3) is 0 Å². The fourth-order valence-electron chi connectivity index (χ4n) is 4.02. The number of aromatic amines is 1. The highest BCUT2D eigenvalue weighted by molar-refractivity contribution is 5.73. The summed E-state index contributed by atoms with van der Waals surface area (Å²) in [6.45, 7) is 5.95. The molecule has 2 N–H and O–H groups in total. The van der Waals surface area contributed by atoms with Gasteiger partial charge in [-0.2, -0.15) is 0 Å². The Kier molecular flexibility index (Phi) is 4.91. The second-order valence-corrected chi connectivity index (χ2v) is 7.63. The van der Waals surface area contributed by atoms with Crippen LogP contribution in [0.25, 0.3) is 28.2 Å². The minimum absolute atomic E-state index is 0.269. The van der Waals surface area contributed by atoms with E-state index in [0.29, 0.717) is 11.3 Å². The van der Waals surface area contributed by atoms with Crippen LogP contribution in [-0.2, 0) is 0 Å². The first-order valence-corrected chi connectivity index (χ1v) is 10.3. The van der Waals surface area contributed by atoms with Gasteiger partial charge < -0.3 is 15.0 Å². The third-order valence-electron chi connectivity index (χ3n) is 5.68. The number of imidazole rings is 1. The number of anilines is 1. The van der Waals surface area contributed by atoms with Crippen molar-refractivity contribution < 1.29 is 4.74 Å². The minimum atomic E-state index is -0.269. The number of nitrogens with one attached hydrogen (secondary N) is 2. The molecule has 1 fully saturated rings. The molecule has 0 aliphatic carbocycles. The largest absolute Gasteiger partial charge is 0.497 e. The molecule has 0 unspecified atom stereocenters. The Balaban J connectivity index is 1.50.